The van der Waals surface area contributed by atoms with Crippen molar-refractivity contribution in [2.45, 2.75) is 25.6 Å². The number of amides is 1. The molecule has 9 heteroatoms. The summed E-state index contributed by atoms with van der Waals surface area (Å²) >= 11 is 1.68. The molecule has 1 aliphatic heterocycles. The molecule has 0 bridgehead atoms. The zero-order chi connectivity index (χ0) is 17.8. The van der Waals surface area contributed by atoms with Crippen molar-refractivity contribution in [1.29, 1.82) is 0 Å². The number of aromatic nitrogens is 5. The smallest absolute Gasteiger partial charge is 0.271 e. The molecule has 1 N–H and O–H groups in total. The third-order valence-electron chi connectivity index (χ3n) is 4.35. The van der Waals surface area contributed by atoms with Gasteiger partial charge in [-0.1, -0.05) is 0 Å². The van der Waals surface area contributed by atoms with Crippen molar-refractivity contribution in [3.8, 4) is 0 Å². The second-order valence-electron chi connectivity index (χ2n) is 6.15. The van der Waals surface area contributed by atoms with Crippen molar-refractivity contribution < 1.29 is 4.79 Å². The third-order valence-corrected chi connectivity index (χ3v) is 5.12. The quantitative estimate of drug-likeness (QED) is 0.708. The minimum atomic E-state index is -0.200. The molecule has 0 radical (unpaired) electrons. The van der Waals surface area contributed by atoms with Gasteiger partial charge >= 0.3 is 0 Å². The monoisotopic (exact) mass is 369 g/mol. The van der Waals surface area contributed by atoms with E-state index >= 15 is 0 Å². The van der Waals surface area contributed by atoms with E-state index in [9.17, 15) is 4.79 Å². The molecule has 134 valence electrons. The van der Waals surface area contributed by atoms with Crippen molar-refractivity contribution in [1.82, 2.24) is 34.9 Å². The first-order valence-corrected chi connectivity index (χ1v) is 9.35. The zero-order valence-corrected chi connectivity index (χ0v) is 15.0. The van der Waals surface area contributed by atoms with Crippen LogP contribution in [0.1, 0.15) is 33.7 Å². The molecule has 1 amide bonds. The topological polar surface area (TPSA) is 88.8 Å². The molecule has 0 spiro atoms. The maximum atomic E-state index is 12.1. The molecule has 3 aromatic heterocycles. The highest BCUT2D eigenvalue weighted by Crippen LogP contribution is 2.24. The predicted molar refractivity (Wildman–Crippen MR) is 96.5 cm³/mol. The van der Waals surface area contributed by atoms with Crippen LogP contribution in [0.3, 0.4) is 0 Å². The van der Waals surface area contributed by atoms with Gasteiger partial charge in [-0.15, -0.1) is 11.3 Å². The summed E-state index contributed by atoms with van der Waals surface area (Å²) in [5.74, 6) is -0.200. The van der Waals surface area contributed by atoms with E-state index in [1.165, 1.54) is 18.1 Å². The van der Waals surface area contributed by atoms with Crippen molar-refractivity contribution in [2.24, 2.45) is 0 Å². The van der Waals surface area contributed by atoms with Gasteiger partial charge in [0.25, 0.3) is 5.91 Å². The van der Waals surface area contributed by atoms with E-state index in [0.29, 0.717) is 12.2 Å². The van der Waals surface area contributed by atoms with E-state index in [2.05, 4.69) is 41.0 Å². The highest BCUT2D eigenvalue weighted by atomic mass is 32.1. The maximum Gasteiger partial charge on any atom is 0.271 e. The van der Waals surface area contributed by atoms with Gasteiger partial charge in [-0.3, -0.25) is 19.4 Å². The Morgan fingerprint density at radius 2 is 2.23 bits per heavy atom. The van der Waals surface area contributed by atoms with Crippen molar-refractivity contribution >= 4 is 17.2 Å². The Morgan fingerprint density at radius 1 is 1.27 bits per heavy atom. The number of nitrogens with one attached hydrogen (secondary N) is 1. The molecular formula is C17H19N7OS. The van der Waals surface area contributed by atoms with Crippen molar-refractivity contribution in [3.05, 3.63) is 58.8 Å². The molecule has 0 saturated heterocycles. The number of nitrogens with zero attached hydrogens (tertiary/aromatic N) is 6. The molecule has 4 rings (SSSR count). The van der Waals surface area contributed by atoms with Crippen LogP contribution in [0.2, 0.25) is 0 Å². The Morgan fingerprint density at radius 3 is 3.04 bits per heavy atom. The van der Waals surface area contributed by atoms with Crippen LogP contribution in [0.25, 0.3) is 0 Å². The summed E-state index contributed by atoms with van der Waals surface area (Å²) in [6.07, 6.45) is 9.02. The SMILES string of the molecule is O=C(NCC[C@@H]1CN(Cc2nccs2)Cc2ccnn21)c1cnccn1. The molecule has 0 fully saturated rings. The number of carbonyl (C=O) groups is 1. The van der Waals surface area contributed by atoms with Crippen LogP contribution in [-0.2, 0) is 13.1 Å². The number of thiazole rings is 1. The van der Waals surface area contributed by atoms with Crippen LogP contribution >= 0.6 is 11.3 Å². The summed E-state index contributed by atoms with van der Waals surface area (Å²) in [5.41, 5.74) is 1.53. The summed E-state index contributed by atoms with van der Waals surface area (Å²) in [6, 6.07) is 2.27. The normalized spacial score (nSPS) is 17.0. The van der Waals surface area contributed by atoms with E-state index in [4.69, 9.17) is 0 Å². The Labute approximate surface area is 154 Å². The summed E-state index contributed by atoms with van der Waals surface area (Å²) in [4.78, 5) is 26.8. The van der Waals surface area contributed by atoms with Gasteiger partial charge in [0.15, 0.2) is 0 Å². The Hall–Kier alpha value is -2.65. The molecule has 0 unspecified atom stereocenters. The van der Waals surface area contributed by atoms with Crippen LogP contribution in [-0.4, -0.2) is 48.6 Å². The first-order chi connectivity index (χ1) is 12.8. The molecule has 0 aliphatic carbocycles. The lowest BCUT2D eigenvalue weighted by molar-refractivity contribution is 0.0941. The Balaban J connectivity index is 1.37. The summed E-state index contributed by atoms with van der Waals surface area (Å²) < 4.78 is 2.08. The number of hydrogen-bond donors (Lipinski definition) is 1. The third kappa shape index (κ3) is 3.78. The van der Waals surface area contributed by atoms with Gasteiger partial charge in [0.1, 0.15) is 10.7 Å². The lowest BCUT2D eigenvalue weighted by Crippen LogP contribution is -2.39. The number of hydrogen-bond acceptors (Lipinski definition) is 7. The van der Waals surface area contributed by atoms with E-state index in [-0.39, 0.29) is 11.9 Å². The zero-order valence-electron chi connectivity index (χ0n) is 14.2. The van der Waals surface area contributed by atoms with Gasteiger partial charge in [0.05, 0.1) is 24.5 Å². The minimum absolute atomic E-state index is 0.200. The molecule has 0 aromatic carbocycles. The molecule has 0 saturated carbocycles. The average molecular weight is 369 g/mol. The van der Waals surface area contributed by atoms with Gasteiger partial charge in [0.2, 0.25) is 0 Å². The van der Waals surface area contributed by atoms with E-state index < -0.39 is 0 Å². The lowest BCUT2D eigenvalue weighted by atomic mass is 10.1. The Kier molecular flexibility index (Phi) is 4.98. The first-order valence-electron chi connectivity index (χ1n) is 8.47. The number of fused-ring (bicyclic) bond motifs is 1. The van der Waals surface area contributed by atoms with Crippen LogP contribution in [0, 0.1) is 0 Å². The minimum Gasteiger partial charge on any atom is -0.351 e. The van der Waals surface area contributed by atoms with Crippen LogP contribution < -0.4 is 5.32 Å². The average Bonchev–Trinajstić information content (AvgIpc) is 3.34. The summed E-state index contributed by atoms with van der Waals surface area (Å²) in [7, 11) is 0. The largest absolute Gasteiger partial charge is 0.351 e. The summed E-state index contributed by atoms with van der Waals surface area (Å²) in [5, 5.41) is 10.5. The van der Waals surface area contributed by atoms with E-state index in [1.807, 2.05) is 17.8 Å². The van der Waals surface area contributed by atoms with Crippen molar-refractivity contribution in [2.75, 3.05) is 13.1 Å². The van der Waals surface area contributed by atoms with Crippen LogP contribution in [0.4, 0.5) is 0 Å². The second kappa shape index (κ2) is 7.71. The van der Waals surface area contributed by atoms with Gasteiger partial charge in [-0.05, 0) is 12.5 Å². The first kappa shape index (κ1) is 16.8. The molecule has 3 aromatic rings. The number of rotatable bonds is 6. The van der Waals surface area contributed by atoms with Crippen LogP contribution in [0.15, 0.2) is 42.4 Å². The number of carbonyl (C=O) groups excluding carboxylic acids is 1. The fourth-order valence-electron chi connectivity index (χ4n) is 3.18. The van der Waals surface area contributed by atoms with Gasteiger partial charge in [0, 0.05) is 49.8 Å². The maximum absolute atomic E-state index is 12.1. The molecular weight excluding hydrogens is 350 g/mol. The second-order valence-corrected chi connectivity index (χ2v) is 7.13. The lowest BCUT2D eigenvalue weighted by Gasteiger charge is -2.33. The summed E-state index contributed by atoms with van der Waals surface area (Å²) in [6.45, 7) is 3.15. The molecule has 8 nitrogen and oxygen atoms in total. The highest BCUT2D eigenvalue weighted by Gasteiger charge is 2.26. The van der Waals surface area contributed by atoms with Gasteiger partial charge < -0.3 is 5.32 Å². The molecule has 4 heterocycles. The highest BCUT2D eigenvalue weighted by molar-refractivity contribution is 7.09. The molecule has 1 atom stereocenters. The molecule has 1 aliphatic rings. The van der Waals surface area contributed by atoms with Crippen LogP contribution in [0.5, 0.6) is 0 Å². The Bertz CT molecular complexity index is 849. The van der Waals surface area contributed by atoms with E-state index in [0.717, 1.165) is 31.1 Å². The van der Waals surface area contributed by atoms with E-state index in [1.54, 1.807) is 17.5 Å². The van der Waals surface area contributed by atoms with Gasteiger partial charge in [-0.25, -0.2) is 9.97 Å². The standard InChI is InChI=1S/C17H19N7OS/c25-17(15-9-18-5-6-19-15)21-3-1-13-10-23(12-16-20-7-8-26-16)11-14-2-4-22-24(13)14/h2,4-9,13H,1,3,10-12H2,(H,21,25)/t13-/m1/s1. The van der Waals surface area contributed by atoms with Gasteiger partial charge in [-0.2, -0.15) is 5.10 Å². The predicted octanol–water partition coefficient (Wildman–Crippen LogP) is 1.51. The fourth-order valence-corrected chi connectivity index (χ4v) is 3.84. The van der Waals surface area contributed by atoms with Crippen molar-refractivity contribution in [3.63, 3.8) is 0 Å². The fraction of sp³-hybridized carbons (Fsp3) is 0.353. The molecule has 26 heavy (non-hydrogen) atoms.